The van der Waals surface area contributed by atoms with Gasteiger partial charge in [-0.1, -0.05) is 60.7 Å². The van der Waals surface area contributed by atoms with Crippen LogP contribution in [0.15, 0.2) is 97.2 Å². The number of aromatic nitrogens is 2. The van der Waals surface area contributed by atoms with Gasteiger partial charge in [0.2, 0.25) is 0 Å². The molecule has 0 fully saturated rings. The highest BCUT2D eigenvalue weighted by Gasteiger charge is 2.24. The van der Waals surface area contributed by atoms with Crippen LogP contribution < -0.4 is 0 Å². The smallest absolute Gasteiger partial charge is 0.137 e. The van der Waals surface area contributed by atoms with Crippen LogP contribution in [0.3, 0.4) is 0 Å². The van der Waals surface area contributed by atoms with Gasteiger partial charge in [0.25, 0.3) is 0 Å². The summed E-state index contributed by atoms with van der Waals surface area (Å²) in [5.41, 5.74) is 2.46. The highest BCUT2D eigenvalue weighted by molar-refractivity contribution is 7.33. The van der Waals surface area contributed by atoms with E-state index >= 15 is 0 Å². The van der Waals surface area contributed by atoms with Gasteiger partial charge in [0.1, 0.15) is 5.82 Å². The van der Waals surface area contributed by atoms with Crippen LogP contribution in [-0.2, 0) is 0 Å². The number of hydrogen-bond donors (Lipinski definition) is 0. The first-order valence-electron chi connectivity index (χ1n) is 11.0. The van der Waals surface area contributed by atoms with E-state index in [1.165, 1.54) is 62.2 Å². The Balaban J connectivity index is 1.81. The van der Waals surface area contributed by atoms with Gasteiger partial charge in [-0.25, -0.2) is 4.98 Å². The average Bonchev–Trinajstić information content (AvgIpc) is 3.54. The van der Waals surface area contributed by atoms with Gasteiger partial charge in [-0.05, 0) is 30.3 Å². The molecule has 4 aromatic carbocycles. The lowest BCUT2D eigenvalue weighted by atomic mass is 10.0. The maximum atomic E-state index is 4.79. The van der Waals surface area contributed by atoms with Gasteiger partial charge in [0.15, 0.2) is 0 Å². The van der Waals surface area contributed by atoms with Crippen molar-refractivity contribution >= 4 is 84.8 Å². The quantitative estimate of drug-likeness (QED) is 0.241. The molecule has 2 nitrogen and oxygen atoms in total. The van der Waals surface area contributed by atoms with E-state index in [0.717, 1.165) is 5.82 Å². The van der Waals surface area contributed by atoms with Crippen LogP contribution in [0.1, 0.15) is 0 Å². The third-order valence-corrected chi connectivity index (χ3v) is 9.14. The second-order valence-corrected chi connectivity index (χ2v) is 10.5. The molecule has 154 valence electrons. The van der Waals surface area contributed by atoms with Gasteiger partial charge in [-0.15, -0.1) is 22.7 Å². The number of hydrogen-bond acceptors (Lipinski definition) is 3. The monoisotopic (exact) mass is 456 g/mol. The molecule has 0 N–H and O–H groups in total. The number of thiophene rings is 2. The van der Waals surface area contributed by atoms with Crippen molar-refractivity contribution in [3.63, 3.8) is 0 Å². The summed E-state index contributed by atoms with van der Waals surface area (Å²) in [6.07, 6.45) is 1.89. The van der Waals surface area contributed by atoms with Crippen LogP contribution in [0.25, 0.3) is 68.0 Å². The Hall–Kier alpha value is -3.73. The summed E-state index contributed by atoms with van der Waals surface area (Å²) in [5, 5.41) is 7.98. The summed E-state index contributed by atoms with van der Waals surface area (Å²) >= 11 is 3.83. The third-order valence-electron chi connectivity index (χ3n) is 6.64. The fraction of sp³-hybridized carbons (Fsp3) is 0. The van der Waals surface area contributed by atoms with Crippen LogP contribution in [0, 0.1) is 0 Å². The van der Waals surface area contributed by atoms with E-state index in [-0.39, 0.29) is 0 Å². The summed E-state index contributed by atoms with van der Waals surface area (Å²) < 4.78 is 7.81. The molecule has 0 saturated carbocycles. The van der Waals surface area contributed by atoms with Crippen LogP contribution in [0.5, 0.6) is 0 Å². The molecular formula is C29H16N2S2. The van der Waals surface area contributed by atoms with Crippen molar-refractivity contribution in [2.75, 3.05) is 0 Å². The topological polar surface area (TPSA) is 17.8 Å². The van der Waals surface area contributed by atoms with E-state index in [1.807, 2.05) is 34.9 Å². The molecule has 4 aromatic heterocycles. The van der Waals surface area contributed by atoms with Crippen molar-refractivity contribution in [3.8, 4) is 5.82 Å². The minimum absolute atomic E-state index is 0.958. The number of fused-ring (bicyclic) bond motifs is 12. The standard InChI is InChI=1S/C29H16N2S2/c1-4-12-20-17(9-1)24-25-18-10-2-5-13-21(18)32-28(25)29-26(19-11-3-6-14-22(19)33-29)27(24)31(20)23-15-7-8-16-30-23/h1-16H. The largest absolute Gasteiger partial charge is 0.293 e. The molecule has 0 aliphatic carbocycles. The molecule has 4 heteroatoms. The highest BCUT2D eigenvalue weighted by Crippen LogP contribution is 2.51. The number of nitrogens with zero attached hydrogens (tertiary/aromatic N) is 2. The number of benzene rings is 4. The summed E-state index contributed by atoms with van der Waals surface area (Å²) in [5.74, 6) is 0.958. The average molecular weight is 457 g/mol. The van der Waals surface area contributed by atoms with Crippen molar-refractivity contribution in [2.45, 2.75) is 0 Å². The second-order valence-electron chi connectivity index (χ2n) is 8.37. The predicted molar refractivity (Wildman–Crippen MR) is 144 cm³/mol. The number of para-hydroxylation sites is 1. The van der Waals surface area contributed by atoms with E-state index in [9.17, 15) is 0 Å². The fourth-order valence-electron chi connectivity index (χ4n) is 5.35. The maximum absolute atomic E-state index is 4.79. The maximum Gasteiger partial charge on any atom is 0.137 e. The normalized spacial score (nSPS) is 12.2. The molecule has 0 unspecified atom stereocenters. The molecule has 0 aliphatic heterocycles. The van der Waals surface area contributed by atoms with Crippen molar-refractivity contribution in [2.24, 2.45) is 0 Å². The van der Waals surface area contributed by atoms with E-state index in [1.54, 1.807) is 0 Å². The van der Waals surface area contributed by atoms with Gasteiger partial charge in [-0.2, -0.15) is 0 Å². The zero-order valence-electron chi connectivity index (χ0n) is 17.4. The Labute approximate surface area is 196 Å². The molecule has 0 atom stereocenters. The first-order valence-corrected chi connectivity index (χ1v) is 12.6. The molecule has 0 aliphatic rings. The molecule has 0 bridgehead atoms. The van der Waals surface area contributed by atoms with Crippen molar-refractivity contribution in [1.82, 2.24) is 9.55 Å². The lowest BCUT2D eigenvalue weighted by molar-refractivity contribution is 1.08. The Kier molecular flexibility index (Phi) is 3.45. The zero-order chi connectivity index (χ0) is 21.5. The van der Waals surface area contributed by atoms with Crippen LogP contribution >= 0.6 is 22.7 Å². The second kappa shape index (κ2) is 6.41. The van der Waals surface area contributed by atoms with E-state index in [2.05, 4.69) is 89.5 Å². The molecule has 4 heterocycles. The lowest BCUT2D eigenvalue weighted by Gasteiger charge is -2.08. The molecule has 0 saturated heterocycles. The fourth-order valence-corrected chi connectivity index (χ4v) is 7.90. The Morgan fingerprint density at radius 2 is 1.15 bits per heavy atom. The molecule has 0 spiro atoms. The SMILES string of the molecule is c1ccc(-n2c3ccccc3c3c4c5ccccc5sc4c4sc5ccccc5c4c32)nc1. The summed E-state index contributed by atoms with van der Waals surface area (Å²) in [7, 11) is 0. The molecule has 0 amide bonds. The van der Waals surface area contributed by atoms with Gasteiger partial charge >= 0.3 is 0 Å². The van der Waals surface area contributed by atoms with E-state index in [4.69, 9.17) is 4.98 Å². The summed E-state index contributed by atoms with van der Waals surface area (Å²) in [4.78, 5) is 4.79. The lowest BCUT2D eigenvalue weighted by Crippen LogP contribution is -1.96. The van der Waals surface area contributed by atoms with Gasteiger partial charge in [0, 0.05) is 47.9 Å². The molecule has 8 rings (SSSR count). The van der Waals surface area contributed by atoms with Crippen molar-refractivity contribution < 1.29 is 0 Å². The van der Waals surface area contributed by atoms with E-state index < -0.39 is 0 Å². The summed E-state index contributed by atoms with van der Waals surface area (Å²) in [6, 6.07) is 32.6. The van der Waals surface area contributed by atoms with Crippen LogP contribution in [-0.4, -0.2) is 9.55 Å². The Bertz CT molecular complexity index is 2020. The van der Waals surface area contributed by atoms with E-state index in [0.29, 0.717) is 0 Å². The van der Waals surface area contributed by atoms with Crippen LogP contribution in [0.2, 0.25) is 0 Å². The summed E-state index contributed by atoms with van der Waals surface area (Å²) in [6.45, 7) is 0. The minimum atomic E-state index is 0.958. The Morgan fingerprint density at radius 3 is 1.88 bits per heavy atom. The molecule has 33 heavy (non-hydrogen) atoms. The number of pyridine rings is 1. The van der Waals surface area contributed by atoms with Gasteiger partial charge < -0.3 is 0 Å². The van der Waals surface area contributed by atoms with Crippen molar-refractivity contribution in [3.05, 3.63) is 97.2 Å². The molecule has 8 aromatic rings. The van der Waals surface area contributed by atoms with Crippen LogP contribution in [0.4, 0.5) is 0 Å². The first kappa shape index (κ1) is 17.8. The number of rotatable bonds is 1. The van der Waals surface area contributed by atoms with Crippen molar-refractivity contribution in [1.29, 1.82) is 0 Å². The minimum Gasteiger partial charge on any atom is -0.293 e. The first-order chi connectivity index (χ1) is 16.4. The highest BCUT2D eigenvalue weighted by atomic mass is 32.1. The predicted octanol–water partition coefficient (Wildman–Crippen LogP) is 8.91. The van der Waals surface area contributed by atoms with Gasteiger partial charge in [0.05, 0.1) is 20.4 Å². The third kappa shape index (κ3) is 2.24. The molecule has 0 radical (unpaired) electrons. The van der Waals surface area contributed by atoms with Gasteiger partial charge in [-0.3, -0.25) is 4.57 Å². The molecular weight excluding hydrogens is 440 g/mol. The Morgan fingerprint density at radius 1 is 0.545 bits per heavy atom. The zero-order valence-corrected chi connectivity index (χ0v) is 19.1.